The molecule has 2 aliphatic carbocycles. The van der Waals surface area contributed by atoms with Crippen LogP contribution in [0.1, 0.15) is 65.7 Å². The second-order valence-electron chi connectivity index (χ2n) is 7.96. The maximum Gasteiger partial charge on any atom is 0.326 e. The Bertz CT molecular complexity index is 399. The topological polar surface area (TPSA) is 66.4 Å². The van der Waals surface area contributed by atoms with Crippen molar-refractivity contribution in [1.82, 2.24) is 5.32 Å². The molecule has 0 radical (unpaired) electrons. The van der Waals surface area contributed by atoms with E-state index < -0.39 is 17.4 Å². The molecule has 4 heteroatoms. The van der Waals surface area contributed by atoms with Gasteiger partial charge < -0.3 is 10.4 Å². The molecule has 2 fully saturated rings. The Labute approximate surface area is 127 Å². The van der Waals surface area contributed by atoms with Crippen LogP contribution in [-0.2, 0) is 9.59 Å². The molecule has 3 unspecified atom stereocenters. The molecule has 4 atom stereocenters. The van der Waals surface area contributed by atoms with Gasteiger partial charge in [-0.2, -0.15) is 0 Å². The highest BCUT2D eigenvalue weighted by molar-refractivity contribution is 5.85. The largest absolute Gasteiger partial charge is 0.480 e. The van der Waals surface area contributed by atoms with Gasteiger partial charge in [-0.25, -0.2) is 4.79 Å². The van der Waals surface area contributed by atoms with Crippen molar-refractivity contribution < 1.29 is 14.7 Å². The van der Waals surface area contributed by atoms with Crippen molar-refractivity contribution in [2.45, 2.75) is 71.8 Å². The average molecular weight is 295 g/mol. The van der Waals surface area contributed by atoms with Crippen molar-refractivity contribution in [2.24, 2.45) is 23.2 Å². The predicted molar refractivity (Wildman–Crippen MR) is 81.8 cm³/mol. The molecule has 0 aromatic carbocycles. The minimum absolute atomic E-state index is 0.00792. The van der Waals surface area contributed by atoms with E-state index in [4.69, 9.17) is 0 Å². The molecule has 120 valence electrons. The Morgan fingerprint density at radius 1 is 1.05 bits per heavy atom. The van der Waals surface area contributed by atoms with Crippen LogP contribution in [0.25, 0.3) is 0 Å². The first-order valence-corrected chi connectivity index (χ1v) is 8.32. The summed E-state index contributed by atoms with van der Waals surface area (Å²) >= 11 is 0. The summed E-state index contributed by atoms with van der Waals surface area (Å²) in [5.41, 5.74) is -0.469. The number of nitrogens with one attached hydrogen (secondary N) is 1. The quantitative estimate of drug-likeness (QED) is 0.840. The van der Waals surface area contributed by atoms with Gasteiger partial charge in [0.05, 0.1) is 0 Å². The van der Waals surface area contributed by atoms with E-state index in [2.05, 4.69) is 5.32 Å². The van der Waals surface area contributed by atoms with E-state index in [1.807, 2.05) is 20.8 Å². The summed E-state index contributed by atoms with van der Waals surface area (Å²) in [6, 6.07) is -0.811. The molecule has 4 nitrogen and oxygen atoms in total. The lowest BCUT2D eigenvalue weighted by atomic mass is 9.67. The zero-order valence-corrected chi connectivity index (χ0v) is 13.5. The van der Waals surface area contributed by atoms with Crippen LogP contribution in [0.4, 0.5) is 0 Å². The molecule has 2 N–H and O–H groups in total. The number of hydrogen-bond acceptors (Lipinski definition) is 2. The predicted octanol–water partition coefficient (Wildman–Crippen LogP) is 3.21. The van der Waals surface area contributed by atoms with Gasteiger partial charge in [-0.3, -0.25) is 4.79 Å². The first-order valence-electron chi connectivity index (χ1n) is 8.32. The van der Waals surface area contributed by atoms with Crippen molar-refractivity contribution in [3.63, 3.8) is 0 Å². The van der Waals surface area contributed by atoms with E-state index in [0.717, 1.165) is 25.2 Å². The summed E-state index contributed by atoms with van der Waals surface area (Å²) in [6.45, 7) is 5.55. The van der Waals surface area contributed by atoms with Crippen LogP contribution in [0.3, 0.4) is 0 Å². The monoisotopic (exact) mass is 295 g/mol. The van der Waals surface area contributed by atoms with Crippen molar-refractivity contribution >= 4 is 11.9 Å². The van der Waals surface area contributed by atoms with E-state index in [1.54, 1.807) is 0 Å². The van der Waals surface area contributed by atoms with Gasteiger partial charge in [0.1, 0.15) is 6.04 Å². The third kappa shape index (κ3) is 3.98. The molecule has 0 bridgehead atoms. The maximum atomic E-state index is 12.5. The number of hydrogen-bond donors (Lipinski definition) is 2. The number of rotatable bonds is 3. The highest BCUT2D eigenvalue weighted by Crippen LogP contribution is 2.42. The number of aliphatic carboxylic acids is 1. The molecule has 0 spiro atoms. The van der Waals surface area contributed by atoms with Crippen LogP contribution in [0.15, 0.2) is 0 Å². The molecule has 1 amide bonds. The second kappa shape index (κ2) is 6.37. The number of carbonyl (C=O) groups is 2. The Morgan fingerprint density at radius 3 is 2.24 bits per heavy atom. The van der Waals surface area contributed by atoms with Gasteiger partial charge in [-0.15, -0.1) is 0 Å². The zero-order valence-electron chi connectivity index (χ0n) is 13.5. The molecule has 0 aromatic heterocycles. The van der Waals surface area contributed by atoms with Gasteiger partial charge in [-0.1, -0.05) is 46.5 Å². The lowest BCUT2D eigenvalue weighted by Crippen LogP contribution is -2.51. The number of carbonyl (C=O) groups excluding carboxylic acids is 1. The van der Waals surface area contributed by atoms with E-state index in [9.17, 15) is 14.7 Å². The third-order valence-corrected chi connectivity index (χ3v) is 5.31. The van der Waals surface area contributed by atoms with Crippen molar-refractivity contribution in [3.05, 3.63) is 0 Å². The molecule has 0 heterocycles. The van der Waals surface area contributed by atoms with Crippen LogP contribution < -0.4 is 5.32 Å². The fraction of sp³-hybridized carbons (Fsp3) is 0.882. The molecule has 2 aliphatic rings. The summed E-state index contributed by atoms with van der Waals surface area (Å²) < 4.78 is 0. The Kier molecular flexibility index (Phi) is 4.95. The minimum Gasteiger partial charge on any atom is -0.480 e. The number of carboxylic acids is 1. The Morgan fingerprint density at radius 2 is 1.67 bits per heavy atom. The lowest BCUT2D eigenvalue weighted by molar-refractivity contribution is -0.146. The summed E-state index contributed by atoms with van der Waals surface area (Å²) in [4.78, 5) is 23.8. The van der Waals surface area contributed by atoms with Crippen molar-refractivity contribution in [2.75, 3.05) is 0 Å². The highest BCUT2D eigenvalue weighted by atomic mass is 16.4. The van der Waals surface area contributed by atoms with Gasteiger partial charge in [0.2, 0.25) is 5.91 Å². The van der Waals surface area contributed by atoms with E-state index >= 15 is 0 Å². The molecule has 0 saturated heterocycles. The Hall–Kier alpha value is -1.06. The van der Waals surface area contributed by atoms with E-state index in [-0.39, 0.29) is 11.8 Å². The van der Waals surface area contributed by atoms with Gasteiger partial charge in [0, 0.05) is 5.92 Å². The summed E-state index contributed by atoms with van der Waals surface area (Å²) in [7, 11) is 0. The molecule has 21 heavy (non-hydrogen) atoms. The zero-order chi connectivity index (χ0) is 15.6. The summed E-state index contributed by atoms with van der Waals surface area (Å²) in [5.74, 6) is 0.499. The SMILES string of the molecule is CC(C)(C)[C@H](NC(=O)C1CCC2CCCCC2C1)C(=O)O. The highest BCUT2D eigenvalue weighted by Gasteiger charge is 2.38. The van der Waals surface area contributed by atoms with Crippen molar-refractivity contribution in [1.29, 1.82) is 0 Å². The minimum atomic E-state index is -0.942. The van der Waals surface area contributed by atoms with Crippen molar-refractivity contribution in [3.8, 4) is 0 Å². The first-order chi connectivity index (χ1) is 9.79. The number of fused-ring (bicyclic) bond motifs is 1. The van der Waals surface area contributed by atoms with Crippen LogP contribution in [0.2, 0.25) is 0 Å². The van der Waals surface area contributed by atoms with Crippen LogP contribution in [0.5, 0.6) is 0 Å². The van der Waals surface area contributed by atoms with Crippen LogP contribution in [0, 0.1) is 23.2 Å². The normalized spacial score (nSPS) is 31.1. The molecular formula is C17H29NO3. The Balaban J connectivity index is 1.95. The van der Waals surface area contributed by atoms with E-state index in [1.165, 1.54) is 25.7 Å². The smallest absolute Gasteiger partial charge is 0.326 e. The first kappa shape index (κ1) is 16.3. The molecule has 2 saturated carbocycles. The average Bonchev–Trinajstić information content (AvgIpc) is 2.42. The van der Waals surface area contributed by atoms with Gasteiger partial charge in [-0.05, 0) is 36.5 Å². The summed E-state index contributed by atoms with van der Waals surface area (Å²) in [6.07, 6.45) is 8.19. The second-order valence-corrected chi connectivity index (χ2v) is 7.96. The number of carboxylic acid groups (broad SMARTS) is 1. The molecule has 2 rings (SSSR count). The standard InChI is InChI=1S/C17H29NO3/c1-17(2,3)14(16(20)21)18-15(19)13-9-8-11-6-4-5-7-12(11)10-13/h11-14H,4-10H2,1-3H3,(H,18,19)(H,20,21)/t11?,12?,13?,14-/m1/s1. The maximum absolute atomic E-state index is 12.5. The number of amides is 1. The third-order valence-electron chi connectivity index (χ3n) is 5.31. The van der Waals surface area contributed by atoms with Crippen LogP contribution in [-0.4, -0.2) is 23.0 Å². The van der Waals surface area contributed by atoms with Gasteiger partial charge >= 0.3 is 5.97 Å². The van der Waals surface area contributed by atoms with E-state index in [0.29, 0.717) is 5.92 Å². The van der Waals surface area contributed by atoms with Crippen LogP contribution >= 0.6 is 0 Å². The lowest BCUT2D eigenvalue weighted by Gasteiger charge is -2.39. The molecule has 0 aliphatic heterocycles. The molecular weight excluding hydrogens is 266 g/mol. The fourth-order valence-corrected chi connectivity index (χ4v) is 4.02. The summed E-state index contributed by atoms with van der Waals surface area (Å²) in [5, 5.41) is 12.1. The fourth-order valence-electron chi connectivity index (χ4n) is 4.02. The van der Waals surface area contributed by atoms with Gasteiger partial charge in [0.25, 0.3) is 0 Å². The molecule has 0 aromatic rings. The van der Waals surface area contributed by atoms with Gasteiger partial charge in [0.15, 0.2) is 0 Å².